The Labute approximate surface area is 159 Å². The molecule has 0 aliphatic carbocycles. The first kappa shape index (κ1) is 18.9. The SMILES string of the molecule is COc1ccccc1C(=O)Nc1ccc(C2=CCN(CCN)CC2)cc1N. The van der Waals surface area contributed by atoms with Gasteiger partial charge in [-0.1, -0.05) is 24.3 Å². The van der Waals surface area contributed by atoms with Crippen LogP contribution in [0.15, 0.2) is 48.5 Å². The van der Waals surface area contributed by atoms with E-state index < -0.39 is 0 Å². The van der Waals surface area contributed by atoms with Crippen LogP contribution in [-0.4, -0.2) is 44.1 Å². The van der Waals surface area contributed by atoms with Gasteiger partial charge in [-0.25, -0.2) is 0 Å². The number of nitrogen functional groups attached to an aromatic ring is 1. The Morgan fingerprint density at radius 3 is 2.74 bits per heavy atom. The topological polar surface area (TPSA) is 93.6 Å². The van der Waals surface area contributed by atoms with Gasteiger partial charge in [-0.2, -0.15) is 0 Å². The van der Waals surface area contributed by atoms with Crippen molar-refractivity contribution in [3.05, 3.63) is 59.7 Å². The van der Waals surface area contributed by atoms with E-state index in [0.717, 1.165) is 31.6 Å². The summed E-state index contributed by atoms with van der Waals surface area (Å²) in [5, 5.41) is 2.87. The van der Waals surface area contributed by atoms with E-state index in [1.165, 1.54) is 5.57 Å². The number of para-hydroxylation sites is 1. The summed E-state index contributed by atoms with van der Waals surface area (Å²) in [6.07, 6.45) is 3.19. The van der Waals surface area contributed by atoms with Gasteiger partial charge in [0.1, 0.15) is 5.75 Å². The quantitative estimate of drug-likeness (QED) is 0.683. The van der Waals surface area contributed by atoms with Gasteiger partial charge in [0.2, 0.25) is 0 Å². The maximum atomic E-state index is 12.6. The Morgan fingerprint density at radius 1 is 1.26 bits per heavy atom. The second-order valence-electron chi connectivity index (χ2n) is 6.53. The van der Waals surface area contributed by atoms with E-state index in [4.69, 9.17) is 16.2 Å². The molecule has 27 heavy (non-hydrogen) atoms. The van der Waals surface area contributed by atoms with Crippen LogP contribution >= 0.6 is 0 Å². The molecule has 2 aromatic carbocycles. The Kier molecular flexibility index (Phi) is 6.11. The number of hydrogen-bond donors (Lipinski definition) is 3. The van der Waals surface area contributed by atoms with Crippen molar-refractivity contribution >= 4 is 22.9 Å². The van der Waals surface area contributed by atoms with Crippen LogP contribution in [-0.2, 0) is 0 Å². The lowest BCUT2D eigenvalue weighted by Gasteiger charge is -2.26. The van der Waals surface area contributed by atoms with Gasteiger partial charge in [0.05, 0.1) is 24.0 Å². The summed E-state index contributed by atoms with van der Waals surface area (Å²) in [4.78, 5) is 14.9. The number of methoxy groups -OCH3 is 1. The predicted molar refractivity (Wildman–Crippen MR) is 110 cm³/mol. The molecule has 0 atom stereocenters. The first-order valence-corrected chi connectivity index (χ1v) is 9.08. The van der Waals surface area contributed by atoms with Crippen molar-refractivity contribution in [2.75, 3.05) is 44.3 Å². The van der Waals surface area contributed by atoms with Crippen LogP contribution in [0.4, 0.5) is 11.4 Å². The number of anilines is 2. The second kappa shape index (κ2) is 8.70. The third kappa shape index (κ3) is 4.48. The Bertz CT molecular complexity index is 848. The number of benzene rings is 2. The van der Waals surface area contributed by atoms with E-state index >= 15 is 0 Å². The maximum Gasteiger partial charge on any atom is 0.259 e. The lowest BCUT2D eigenvalue weighted by atomic mass is 9.98. The minimum atomic E-state index is -0.249. The van der Waals surface area contributed by atoms with Gasteiger partial charge in [0.15, 0.2) is 0 Å². The van der Waals surface area contributed by atoms with Crippen molar-refractivity contribution in [1.82, 2.24) is 4.90 Å². The van der Waals surface area contributed by atoms with Crippen molar-refractivity contribution in [2.45, 2.75) is 6.42 Å². The Morgan fingerprint density at radius 2 is 2.07 bits per heavy atom. The molecule has 0 fully saturated rings. The molecule has 1 heterocycles. The van der Waals surface area contributed by atoms with E-state index in [2.05, 4.69) is 16.3 Å². The molecule has 1 aliphatic heterocycles. The fourth-order valence-electron chi connectivity index (χ4n) is 3.26. The molecule has 2 aromatic rings. The molecule has 0 aromatic heterocycles. The van der Waals surface area contributed by atoms with Gasteiger partial charge < -0.3 is 21.5 Å². The zero-order chi connectivity index (χ0) is 19.2. The van der Waals surface area contributed by atoms with Gasteiger partial charge in [0, 0.05) is 26.2 Å². The molecule has 0 unspecified atom stereocenters. The number of nitrogens with one attached hydrogen (secondary N) is 1. The smallest absolute Gasteiger partial charge is 0.259 e. The molecule has 0 saturated heterocycles. The fraction of sp³-hybridized carbons (Fsp3) is 0.286. The van der Waals surface area contributed by atoms with E-state index in [0.29, 0.717) is 29.2 Å². The van der Waals surface area contributed by atoms with Crippen LogP contribution in [0.2, 0.25) is 0 Å². The van der Waals surface area contributed by atoms with Crippen LogP contribution in [0, 0.1) is 0 Å². The summed E-state index contributed by atoms with van der Waals surface area (Å²) in [5.74, 6) is 0.279. The highest BCUT2D eigenvalue weighted by Gasteiger charge is 2.15. The van der Waals surface area contributed by atoms with Crippen LogP contribution < -0.4 is 21.5 Å². The standard InChI is InChI=1S/C21H26N4O2/c1-27-20-5-3-2-4-17(20)21(26)24-19-7-6-16(14-18(19)23)15-8-11-25(12-9-15)13-10-22/h2-8,14H,9-13,22-23H2,1H3,(H,24,26). The first-order valence-electron chi connectivity index (χ1n) is 9.08. The zero-order valence-corrected chi connectivity index (χ0v) is 15.6. The number of carbonyl (C=O) groups excluding carboxylic acids is 1. The molecule has 3 rings (SSSR count). The molecule has 142 valence electrons. The summed E-state index contributed by atoms with van der Waals surface area (Å²) in [6.45, 7) is 3.49. The molecular formula is C21H26N4O2. The molecule has 1 aliphatic rings. The maximum absolute atomic E-state index is 12.6. The highest BCUT2D eigenvalue weighted by molar-refractivity contribution is 6.07. The second-order valence-corrected chi connectivity index (χ2v) is 6.53. The van der Waals surface area contributed by atoms with Gasteiger partial charge in [-0.15, -0.1) is 0 Å². The van der Waals surface area contributed by atoms with Crippen molar-refractivity contribution in [1.29, 1.82) is 0 Å². The van der Waals surface area contributed by atoms with E-state index in [9.17, 15) is 4.79 Å². The van der Waals surface area contributed by atoms with Gasteiger partial charge in [0.25, 0.3) is 5.91 Å². The van der Waals surface area contributed by atoms with E-state index in [1.807, 2.05) is 24.3 Å². The summed E-state index contributed by atoms with van der Waals surface area (Å²) in [7, 11) is 1.54. The van der Waals surface area contributed by atoms with Crippen LogP contribution in [0.5, 0.6) is 5.75 Å². The summed E-state index contributed by atoms with van der Waals surface area (Å²) < 4.78 is 5.25. The summed E-state index contributed by atoms with van der Waals surface area (Å²) in [6, 6.07) is 12.9. The first-order chi connectivity index (χ1) is 13.1. The number of amides is 1. The highest BCUT2D eigenvalue weighted by atomic mass is 16.5. The molecule has 6 nitrogen and oxygen atoms in total. The predicted octanol–water partition coefficient (Wildman–Crippen LogP) is 2.58. The van der Waals surface area contributed by atoms with Crippen LogP contribution in [0.25, 0.3) is 5.57 Å². The Balaban J connectivity index is 1.73. The molecule has 0 spiro atoms. The molecular weight excluding hydrogens is 340 g/mol. The van der Waals surface area contributed by atoms with Crippen molar-refractivity contribution in [3.63, 3.8) is 0 Å². The molecule has 5 N–H and O–H groups in total. The molecule has 6 heteroatoms. The van der Waals surface area contributed by atoms with Crippen molar-refractivity contribution in [2.24, 2.45) is 5.73 Å². The van der Waals surface area contributed by atoms with Crippen LogP contribution in [0.1, 0.15) is 22.3 Å². The monoisotopic (exact) mass is 366 g/mol. The van der Waals surface area contributed by atoms with Gasteiger partial charge in [-0.05, 0) is 41.8 Å². The fourth-order valence-corrected chi connectivity index (χ4v) is 3.26. The van der Waals surface area contributed by atoms with Crippen molar-refractivity contribution < 1.29 is 9.53 Å². The van der Waals surface area contributed by atoms with Crippen LogP contribution in [0.3, 0.4) is 0 Å². The zero-order valence-electron chi connectivity index (χ0n) is 15.6. The van der Waals surface area contributed by atoms with Gasteiger partial charge >= 0.3 is 0 Å². The number of nitrogens with zero attached hydrogens (tertiary/aromatic N) is 1. The highest BCUT2D eigenvalue weighted by Crippen LogP contribution is 2.28. The third-order valence-electron chi connectivity index (χ3n) is 4.76. The molecule has 1 amide bonds. The molecule has 0 radical (unpaired) electrons. The number of hydrogen-bond acceptors (Lipinski definition) is 5. The number of carbonyl (C=O) groups is 1. The van der Waals surface area contributed by atoms with E-state index in [-0.39, 0.29) is 5.91 Å². The van der Waals surface area contributed by atoms with Crippen molar-refractivity contribution in [3.8, 4) is 5.75 Å². The largest absolute Gasteiger partial charge is 0.496 e. The molecule has 0 saturated carbocycles. The molecule has 0 bridgehead atoms. The summed E-state index contributed by atoms with van der Waals surface area (Å²) in [5.41, 5.74) is 15.8. The lowest BCUT2D eigenvalue weighted by molar-refractivity contribution is 0.102. The minimum Gasteiger partial charge on any atom is -0.496 e. The Hall–Kier alpha value is -2.83. The summed E-state index contributed by atoms with van der Waals surface area (Å²) >= 11 is 0. The number of rotatable bonds is 6. The minimum absolute atomic E-state index is 0.249. The number of nitrogens with two attached hydrogens (primary N) is 2. The number of ether oxygens (including phenoxy) is 1. The average Bonchev–Trinajstić information content (AvgIpc) is 2.70. The van der Waals surface area contributed by atoms with E-state index in [1.54, 1.807) is 25.3 Å². The normalized spacial score (nSPS) is 14.5. The third-order valence-corrected chi connectivity index (χ3v) is 4.76. The average molecular weight is 366 g/mol. The van der Waals surface area contributed by atoms with Gasteiger partial charge in [-0.3, -0.25) is 9.69 Å². The lowest BCUT2D eigenvalue weighted by Crippen LogP contribution is -2.33.